The second-order valence-corrected chi connectivity index (χ2v) is 8.09. The van der Waals surface area contributed by atoms with Crippen LogP contribution in [0.3, 0.4) is 0 Å². The average Bonchev–Trinajstić information content (AvgIpc) is 3.21. The second-order valence-electron chi connectivity index (χ2n) is 6.83. The lowest BCUT2D eigenvalue weighted by Gasteiger charge is -2.19. The summed E-state index contributed by atoms with van der Waals surface area (Å²) in [6, 6.07) is 7.33. The molecule has 1 saturated carbocycles. The van der Waals surface area contributed by atoms with Gasteiger partial charge in [0.15, 0.2) is 5.13 Å². The summed E-state index contributed by atoms with van der Waals surface area (Å²) in [7, 11) is 0. The fraction of sp³-hybridized carbons (Fsp3) is 0.368. The van der Waals surface area contributed by atoms with E-state index in [0.717, 1.165) is 36.1 Å². The fourth-order valence-electron chi connectivity index (χ4n) is 3.81. The molecule has 2 aromatic rings. The molecule has 6 nitrogen and oxygen atoms in total. The minimum Gasteiger partial charge on any atom is -0.300 e. The molecule has 1 aromatic carbocycles. The first-order chi connectivity index (χ1) is 13.0. The minimum absolute atomic E-state index is 0.212. The van der Waals surface area contributed by atoms with Gasteiger partial charge in [-0.1, -0.05) is 42.6 Å². The van der Waals surface area contributed by atoms with E-state index < -0.39 is 5.91 Å². The molecule has 0 radical (unpaired) electrons. The topological polar surface area (TPSA) is 79.4 Å². The number of nitrogens with zero attached hydrogens (tertiary/aromatic N) is 2. The molecule has 2 unspecified atom stereocenters. The van der Waals surface area contributed by atoms with Gasteiger partial charge in [-0.15, -0.1) is 11.3 Å². The highest BCUT2D eigenvalue weighted by Crippen LogP contribution is 2.38. The van der Waals surface area contributed by atoms with Crippen molar-refractivity contribution in [1.29, 1.82) is 0 Å². The molecule has 1 aliphatic heterocycles. The fourth-order valence-corrected chi connectivity index (χ4v) is 4.77. The van der Waals surface area contributed by atoms with Crippen molar-refractivity contribution in [2.45, 2.75) is 25.7 Å². The van der Waals surface area contributed by atoms with Crippen LogP contribution in [0.15, 0.2) is 29.6 Å². The molecular weight excluding hydrogens is 386 g/mol. The molecule has 1 aromatic heterocycles. The number of carbonyl (C=O) groups excluding carboxylic acids is 3. The van der Waals surface area contributed by atoms with Crippen molar-refractivity contribution in [3.63, 3.8) is 0 Å². The van der Waals surface area contributed by atoms with Crippen molar-refractivity contribution in [2.24, 2.45) is 11.8 Å². The Morgan fingerprint density at radius 2 is 1.85 bits per heavy atom. The van der Waals surface area contributed by atoms with Gasteiger partial charge < -0.3 is 5.32 Å². The van der Waals surface area contributed by atoms with Gasteiger partial charge in [0.05, 0.1) is 17.5 Å². The maximum atomic E-state index is 12.5. The summed E-state index contributed by atoms with van der Waals surface area (Å²) in [4.78, 5) is 42.8. The summed E-state index contributed by atoms with van der Waals surface area (Å²) in [6.07, 6.45) is 3.40. The van der Waals surface area contributed by atoms with E-state index >= 15 is 0 Å². The number of anilines is 1. The van der Waals surface area contributed by atoms with Crippen LogP contribution in [0.4, 0.5) is 5.13 Å². The van der Waals surface area contributed by atoms with Crippen LogP contribution in [0, 0.1) is 11.8 Å². The highest BCUT2D eigenvalue weighted by Gasteiger charge is 2.48. The molecule has 4 rings (SSSR count). The van der Waals surface area contributed by atoms with Crippen LogP contribution in [0.25, 0.3) is 11.3 Å². The Morgan fingerprint density at radius 1 is 1.19 bits per heavy atom. The first-order valence-electron chi connectivity index (χ1n) is 8.90. The van der Waals surface area contributed by atoms with E-state index in [9.17, 15) is 14.4 Å². The van der Waals surface area contributed by atoms with Crippen molar-refractivity contribution < 1.29 is 14.4 Å². The maximum Gasteiger partial charge on any atom is 0.246 e. The molecule has 0 bridgehead atoms. The summed E-state index contributed by atoms with van der Waals surface area (Å²) in [5, 5.41) is 5.47. The number of carbonyl (C=O) groups is 3. The zero-order chi connectivity index (χ0) is 19.0. The van der Waals surface area contributed by atoms with Crippen LogP contribution in [-0.4, -0.2) is 34.2 Å². The summed E-state index contributed by atoms with van der Waals surface area (Å²) in [5.41, 5.74) is 1.45. The number of aromatic nitrogens is 1. The number of imide groups is 1. The number of likely N-dealkylation sites (tertiary alicyclic amines) is 1. The summed E-state index contributed by atoms with van der Waals surface area (Å²) < 4.78 is 0. The predicted molar refractivity (Wildman–Crippen MR) is 103 cm³/mol. The molecule has 1 aliphatic carbocycles. The summed E-state index contributed by atoms with van der Waals surface area (Å²) in [5.74, 6) is -1.33. The largest absolute Gasteiger partial charge is 0.300 e. The van der Waals surface area contributed by atoms with Crippen molar-refractivity contribution in [3.05, 3.63) is 34.7 Å². The van der Waals surface area contributed by atoms with E-state index in [4.69, 9.17) is 11.6 Å². The average molecular weight is 404 g/mol. The lowest BCUT2D eigenvalue weighted by Crippen LogP contribution is -2.38. The molecular formula is C19H18ClN3O3S. The summed E-state index contributed by atoms with van der Waals surface area (Å²) in [6.45, 7) is -0.258. The van der Waals surface area contributed by atoms with Crippen LogP contribution in [0.2, 0.25) is 5.02 Å². The molecule has 1 saturated heterocycles. The van der Waals surface area contributed by atoms with E-state index in [-0.39, 0.29) is 30.2 Å². The van der Waals surface area contributed by atoms with Crippen LogP contribution in [-0.2, 0) is 14.4 Å². The van der Waals surface area contributed by atoms with Crippen molar-refractivity contribution >= 4 is 45.8 Å². The van der Waals surface area contributed by atoms with E-state index in [1.807, 2.05) is 18.2 Å². The number of hydrogen-bond acceptors (Lipinski definition) is 5. The summed E-state index contributed by atoms with van der Waals surface area (Å²) >= 11 is 7.45. The molecule has 2 aliphatic rings. The number of nitrogens with one attached hydrogen (secondary N) is 1. The Hall–Kier alpha value is -2.25. The third kappa shape index (κ3) is 3.49. The van der Waals surface area contributed by atoms with Crippen LogP contribution in [0.5, 0.6) is 0 Å². The first kappa shape index (κ1) is 18.1. The third-order valence-corrected chi connectivity index (χ3v) is 6.22. The molecule has 1 N–H and O–H groups in total. The number of amides is 3. The number of halogens is 1. The Kier molecular flexibility index (Phi) is 4.97. The lowest BCUT2D eigenvalue weighted by atomic mass is 9.81. The van der Waals surface area contributed by atoms with Gasteiger partial charge in [-0.3, -0.25) is 19.3 Å². The number of rotatable bonds is 4. The third-order valence-electron chi connectivity index (χ3n) is 5.13. The Labute approximate surface area is 165 Å². The lowest BCUT2D eigenvalue weighted by molar-refractivity contribution is -0.142. The Balaban J connectivity index is 1.42. The second kappa shape index (κ2) is 7.40. The molecule has 2 heterocycles. The van der Waals surface area contributed by atoms with Gasteiger partial charge in [0.25, 0.3) is 0 Å². The zero-order valence-corrected chi connectivity index (χ0v) is 16.1. The molecule has 3 amide bonds. The number of hydrogen-bond donors (Lipinski definition) is 1. The van der Waals surface area contributed by atoms with Gasteiger partial charge in [-0.2, -0.15) is 0 Å². The number of benzene rings is 1. The van der Waals surface area contributed by atoms with Crippen LogP contribution in [0.1, 0.15) is 25.7 Å². The Bertz CT molecular complexity index is 889. The maximum absolute atomic E-state index is 12.5. The smallest absolute Gasteiger partial charge is 0.246 e. The zero-order valence-electron chi connectivity index (χ0n) is 14.5. The SMILES string of the molecule is O=C(CN1C(=O)C2CCCCC2C1=O)Nc1nc(-c2ccccc2Cl)cs1. The molecule has 2 atom stereocenters. The molecule has 2 fully saturated rings. The monoisotopic (exact) mass is 403 g/mol. The van der Waals surface area contributed by atoms with Crippen molar-refractivity contribution in [1.82, 2.24) is 9.88 Å². The predicted octanol–water partition coefficient (Wildman–Crippen LogP) is 3.58. The van der Waals surface area contributed by atoms with E-state index in [0.29, 0.717) is 15.8 Å². The Morgan fingerprint density at radius 3 is 2.52 bits per heavy atom. The molecule has 0 spiro atoms. The van der Waals surface area contributed by atoms with Gasteiger partial charge in [-0.25, -0.2) is 4.98 Å². The van der Waals surface area contributed by atoms with Gasteiger partial charge in [-0.05, 0) is 18.9 Å². The molecule has 140 valence electrons. The van der Waals surface area contributed by atoms with Crippen LogP contribution >= 0.6 is 22.9 Å². The van der Waals surface area contributed by atoms with E-state index in [1.54, 1.807) is 11.4 Å². The minimum atomic E-state index is -0.421. The van der Waals surface area contributed by atoms with Crippen molar-refractivity contribution in [3.8, 4) is 11.3 Å². The quantitative estimate of drug-likeness (QED) is 0.791. The molecule has 8 heteroatoms. The standard InChI is InChI=1S/C19H18ClN3O3S/c20-14-8-4-3-7-13(14)15-10-27-19(21-15)22-16(24)9-23-17(25)11-5-1-2-6-12(11)18(23)26/h3-4,7-8,10-12H,1-2,5-6,9H2,(H,21,22,24). The van der Waals surface area contributed by atoms with E-state index in [2.05, 4.69) is 10.3 Å². The number of fused-ring (bicyclic) bond motifs is 1. The van der Waals surface area contributed by atoms with Gasteiger partial charge in [0, 0.05) is 16.0 Å². The normalized spacial score (nSPS) is 22.0. The molecule has 27 heavy (non-hydrogen) atoms. The van der Waals surface area contributed by atoms with Gasteiger partial charge >= 0.3 is 0 Å². The highest BCUT2D eigenvalue weighted by molar-refractivity contribution is 7.14. The van der Waals surface area contributed by atoms with Crippen molar-refractivity contribution in [2.75, 3.05) is 11.9 Å². The van der Waals surface area contributed by atoms with Gasteiger partial charge in [0.1, 0.15) is 6.54 Å². The first-order valence-corrected chi connectivity index (χ1v) is 10.2. The number of thiazole rings is 1. The van der Waals surface area contributed by atoms with Crippen LogP contribution < -0.4 is 5.32 Å². The van der Waals surface area contributed by atoms with E-state index in [1.165, 1.54) is 11.3 Å². The van der Waals surface area contributed by atoms with Gasteiger partial charge in [0.2, 0.25) is 17.7 Å². The highest BCUT2D eigenvalue weighted by atomic mass is 35.5.